The molecule has 0 aliphatic heterocycles. The Kier molecular flexibility index (Phi) is 4.53. The van der Waals surface area contributed by atoms with E-state index in [1.807, 2.05) is 30.6 Å². The van der Waals surface area contributed by atoms with Gasteiger partial charge in [0.1, 0.15) is 5.75 Å². The molecule has 1 aromatic heterocycles. The van der Waals surface area contributed by atoms with Gasteiger partial charge in [-0.3, -0.25) is 4.98 Å². The predicted octanol–water partition coefficient (Wildman–Crippen LogP) is 3.26. The van der Waals surface area contributed by atoms with Gasteiger partial charge >= 0.3 is 0 Å². The SMILES string of the molecule is COc1ccc(-c2ccncc2)c(CNC(C)C)c1. The summed E-state index contributed by atoms with van der Waals surface area (Å²) in [5.41, 5.74) is 3.63. The number of pyridine rings is 1. The summed E-state index contributed by atoms with van der Waals surface area (Å²) in [6, 6.07) is 10.7. The van der Waals surface area contributed by atoms with Crippen LogP contribution in [0.4, 0.5) is 0 Å². The molecule has 2 aromatic rings. The van der Waals surface area contributed by atoms with Crippen LogP contribution in [0.5, 0.6) is 5.75 Å². The van der Waals surface area contributed by atoms with E-state index in [0.29, 0.717) is 6.04 Å². The molecule has 100 valence electrons. The van der Waals surface area contributed by atoms with Gasteiger partial charge in [-0.05, 0) is 41.0 Å². The average Bonchev–Trinajstić information content (AvgIpc) is 2.45. The highest BCUT2D eigenvalue weighted by molar-refractivity contribution is 5.68. The summed E-state index contributed by atoms with van der Waals surface area (Å²) in [4.78, 5) is 4.07. The van der Waals surface area contributed by atoms with Crippen LogP contribution in [-0.4, -0.2) is 18.1 Å². The van der Waals surface area contributed by atoms with Crippen LogP contribution in [-0.2, 0) is 6.54 Å². The molecule has 0 fully saturated rings. The van der Waals surface area contributed by atoms with Gasteiger partial charge in [0.2, 0.25) is 0 Å². The van der Waals surface area contributed by atoms with Crippen LogP contribution in [0, 0.1) is 0 Å². The number of hydrogen-bond acceptors (Lipinski definition) is 3. The van der Waals surface area contributed by atoms with E-state index in [9.17, 15) is 0 Å². The molecular weight excluding hydrogens is 236 g/mol. The summed E-state index contributed by atoms with van der Waals surface area (Å²) in [6.45, 7) is 5.12. The van der Waals surface area contributed by atoms with Crippen LogP contribution >= 0.6 is 0 Å². The van der Waals surface area contributed by atoms with Crippen molar-refractivity contribution in [1.29, 1.82) is 0 Å². The summed E-state index contributed by atoms with van der Waals surface area (Å²) in [6.07, 6.45) is 3.64. The van der Waals surface area contributed by atoms with Crippen molar-refractivity contribution in [2.75, 3.05) is 7.11 Å². The molecule has 1 heterocycles. The summed E-state index contributed by atoms with van der Waals surface area (Å²) in [7, 11) is 1.70. The largest absolute Gasteiger partial charge is 0.497 e. The fourth-order valence-electron chi connectivity index (χ4n) is 1.97. The van der Waals surface area contributed by atoms with Crippen molar-refractivity contribution < 1.29 is 4.74 Å². The fourth-order valence-corrected chi connectivity index (χ4v) is 1.97. The van der Waals surface area contributed by atoms with Crippen molar-refractivity contribution in [1.82, 2.24) is 10.3 Å². The quantitative estimate of drug-likeness (QED) is 0.891. The van der Waals surface area contributed by atoms with Crippen molar-refractivity contribution in [2.24, 2.45) is 0 Å². The average molecular weight is 256 g/mol. The summed E-state index contributed by atoms with van der Waals surface area (Å²) >= 11 is 0. The Bertz CT molecular complexity index is 524. The molecule has 2 rings (SSSR count). The first-order chi connectivity index (χ1) is 9.20. The van der Waals surface area contributed by atoms with E-state index in [-0.39, 0.29) is 0 Å². The van der Waals surface area contributed by atoms with Crippen molar-refractivity contribution >= 4 is 0 Å². The third kappa shape index (κ3) is 3.55. The van der Waals surface area contributed by atoms with E-state index >= 15 is 0 Å². The molecule has 0 bridgehead atoms. The van der Waals surface area contributed by atoms with E-state index in [1.54, 1.807) is 7.11 Å². The Morgan fingerprint density at radius 2 is 1.89 bits per heavy atom. The molecule has 0 aliphatic rings. The van der Waals surface area contributed by atoms with Crippen molar-refractivity contribution in [3.05, 3.63) is 48.3 Å². The molecule has 0 radical (unpaired) electrons. The Labute approximate surface area is 114 Å². The first-order valence-electron chi connectivity index (χ1n) is 6.51. The minimum atomic E-state index is 0.455. The van der Waals surface area contributed by atoms with Gasteiger partial charge < -0.3 is 10.1 Å². The number of nitrogens with zero attached hydrogens (tertiary/aromatic N) is 1. The second-order valence-corrected chi connectivity index (χ2v) is 4.79. The highest BCUT2D eigenvalue weighted by Crippen LogP contribution is 2.27. The number of ether oxygens (including phenoxy) is 1. The summed E-state index contributed by atoms with van der Waals surface area (Å²) in [5, 5.41) is 3.45. The second kappa shape index (κ2) is 6.34. The Morgan fingerprint density at radius 3 is 2.53 bits per heavy atom. The van der Waals surface area contributed by atoms with Crippen molar-refractivity contribution in [3.63, 3.8) is 0 Å². The van der Waals surface area contributed by atoms with Crippen LogP contribution in [0.15, 0.2) is 42.7 Å². The molecule has 1 aromatic carbocycles. The van der Waals surface area contributed by atoms with E-state index in [4.69, 9.17) is 4.74 Å². The molecule has 1 N–H and O–H groups in total. The molecule has 0 atom stereocenters. The van der Waals surface area contributed by atoms with Crippen molar-refractivity contribution in [2.45, 2.75) is 26.4 Å². The molecule has 3 heteroatoms. The lowest BCUT2D eigenvalue weighted by molar-refractivity contribution is 0.414. The zero-order valence-electron chi connectivity index (χ0n) is 11.7. The molecule has 0 amide bonds. The van der Waals surface area contributed by atoms with Crippen LogP contribution in [0.2, 0.25) is 0 Å². The zero-order chi connectivity index (χ0) is 13.7. The number of methoxy groups -OCH3 is 1. The Morgan fingerprint density at radius 1 is 1.16 bits per heavy atom. The third-order valence-electron chi connectivity index (χ3n) is 3.00. The van der Waals surface area contributed by atoms with E-state index in [0.717, 1.165) is 12.3 Å². The topological polar surface area (TPSA) is 34.1 Å². The normalized spacial score (nSPS) is 10.7. The number of aromatic nitrogens is 1. The monoisotopic (exact) mass is 256 g/mol. The highest BCUT2D eigenvalue weighted by atomic mass is 16.5. The lowest BCUT2D eigenvalue weighted by atomic mass is 10.00. The van der Waals surface area contributed by atoms with Gasteiger partial charge in [-0.1, -0.05) is 19.9 Å². The predicted molar refractivity (Wildman–Crippen MR) is 78.2 cm³/mol. The van der Waals surface area contributed by atoms with Gasteiger partial charge in [0, 0.05) is 25.0 Å². The molecule has 3 nitrogen and oxygen atoms in total. The third-order valence-corrected chi connectivity index (χ3v) is 3.00. The molecule has 19 heavy (non-hydrogen) atoms. The molecule has 0 saturated carbocycles. The molecule has 0 aliphatic carbocycles. The maximum Gasteiger partial charge on any atom is 0.119 e. The Hall–Kier alpha value is -1.87. The molecule has 0 unspecified atom stereocenters. The zero-order valence-corrected chi connectivity index (χ0v) is 11.7. The first-order valence-corrected chi connectivity index (χ1v) is 6.51. The number of nitrogens with one attached hydrogen (secondary N) is 1. The molecule has 0 spiro atoms. The van der Waals surface area contributed by atoms with Crippen LogP contribution in [0.3, 0.4) is 0 Å². The highest BCUT2D eigenvalue weighted by Gasteiger charge is 2.07. The van der Waals surface area contributed by atoms with Crippen molar-refractivity contribution in [3.8, 4) is 16.9 Å². The van der Waals surface area contributed by atoms with Crippen LogP contribution in [0.1, 0.15) is 19.4 Å². The standard InChI is InChI=1S/C16H20N2O/c1-12(2)18-11-14-10-15(19-3)4-5-16(14)13-6-8-17-9-7-13/h4-10,12,18H,11H2,1-3H3. The van der Waals surface area contributed by atoms with Gasteiger partial charge in [0.25, 0.3) is 0 Å². The number of benzene rings is 1. The van der Waals surface area contributed by atoms with Crippen LogP contribution in [0.25, 0.3) is 11.1 Å². The van der Waals surface area contributed by atoms with Gasteiger partial charge in [0.05, 0.1) is 7.11 Å². The fraction of sp³-hybridized carbons (Fsp3) is 0.312. The van der Waals surface area contributed by atoms with Crippen LogP contribution < -0.4 is 10.1 Å². The van der Waals surface area contributed by atoms with E-state index < -0.39 is 0 Å². The van der Waals surface area contributed by atoms with Gasteiger partial charge in [-0.15, -0.1) is 0 Å². The summed E-state index contributed by atoms with van der Waals surface area (Å²) in [5.74, 6) is 0.887. The maximum absolute atomic E-state index is 5.31. The van der Waals surface area contributed by atoms with E-state index in [1.165, 1.54) is 16.7 Å². The van der Waals surface area contributed by atoms with Gasteiger partial charge in [0.15, 0.2) is 0 Å². The molecular formula is C16H20N2O. The van der Waals surface area contributed by atoms with Gasteiger partial charge in [-0.25, -0.2) is 0 Å². The lowest BCUT2D eigenvalue weighted by Crippen LogP contribution is -2.22. The first kappa shape index (κ1) is 13.6. The second-order valence-electron chi connectivity index (χ2n) is 4.79. The maximum atomic E-state index is 5.31. The minimum Gasteiger partial charge on any atom is -0.497 e. The molecule has 0 saturated heterocycles. The summed E-state index contributed by atoms with van der Waals surface area (Å²) < 4.78 is 5.31. The minimum absolute atomic E-state index is 0.455. The number of rotatable bonds is 5. The number of hydrogen-bond donors (Lipinski definition) is 1. The van der Waals surface area contributed by atoms with Gasteiger partial charge in [-0.2, -0.15) is 0 Å². The lowest BCUT2D eigenvalue weighted by Gasteiger charge is -2.14. The Balaban J connectivity index is 2.36. The van der Waals surface area contributed by atoms with E-state index in [2.05, 4.69) is 36.3 Å². The smallest absolute Gasteiger partial charge is 0.119 e.